The molecule has 3 heterocycles. The number of hydrogen-bond acceptors (Lipinski definition) is 4. The fraction of sp³-hybridized carbons (Fsp3) is 0.292. The molecule has 0 bridgehead atoms. The van der Waals surface area contributed by atoms with Gasteiger partial charge in [0.1, 0.15) is 0 Å². The Labute approximate surface area is 200 Å². The number of imidazole rings is 1. The van der Waals surface area contributed by atoms with Crippen LogP contribution in [0.3, 0.4) is 0 Å². The zero-order valence-electron chi connectivity index (χ0n) is 18.6. The van der Waals surface area contributed by atoms with E-state index in [0.29, 0.717) is 39.3 Å². The van der Waals surface area contributed by atoms with E-state index in [9.17, 15) is 9.59 Å². The summed E-state index contributed by atoms with van der Waals surface area (Å²) in [5.41, 5.74) is 3.99. The van der Waals surface area contributed by atoms with Gasteiger partial charge in [-0.25, -0.2) is 4.79 Å². The molecule has 0 N–H and O–H groups in total. The third kappa shape index (κ3) is 3.65. The number of aromatic nitrogens is 4. The van der Waals surface area contributed by atoms with Crippen LogP contribution in [0.15, 0.2) is 46.0 Å². The molecule has 33 heavy (non-hydrogen) atoms. The smallest absolute Gasteiger partial charge is 0.312 e. The number of benzene rings is 2. The molecule has 0 unspecified atom stereocenters. The van der Waals surface area contributed by atoms with Gasteiger partial charge in [0.05, 0.1) is 6.54 Å². The van der Waals surface area contributed by atoms with Crippen molar-refractivity contribution in [2.75, 3.05) is 11.4 Å². The van der Waals surface area contributed by atoms with Gasteiger partial charge in [0.25, 0.3) is 5.56 Å². The van der Waals surface area contributed by atoms with Crippen LogP contribution in [-0.2, 0) is 20.1 Å². The average Bonchev–Trinajstić information content (AvgIpc) is 3.16. The Morgan fingerprint density at radius 1 is 1.00 bits per heavy atom. The highest BCUT2D eigenvalue weighted by Gasteiger charge is 2.27. The second-order valence-corrected chi connectivity index (χ2v) is 9.40. The number of aryl methyl sites for hydroxylation is 4. The second kappa shape index (κ2) is 8.08. The van der Waals surface area contributed by atoms with E-state index < -0.39 is 5.69 Å². The monoisotopic (exact) mass is 483 g/mol. The third-order valence-corrected chi connectivity index (χ3v) is 6.67. The SMILES string of the molecule is Cc1cc(C)cc(N2CCCn3c2nc2c3c(=O)n(Cc3ccc(Cl)cc3Cl)c(=O)n2C)c1. The first-order valence-corrected chi connectivity index (χ1v) is 11.5. The minimum atomic E-state index is -0.438. The summed E-state index contributed by atoms with van der Waals surface area (Å²) in [4.78, 5) is 33.6. The molecule has 9 heteroatoms. The number of halogens is 2. The lowest BCUT2D eigenvalue weighted by Crippen LogP contribution is -2.40. The van der Waals surface area contributed by atoms with Crippen LogP contribution in [0.2, 0.25) is 10.0 Å². The Kier molecular flexibility index (Phi) is 5.34. The summed E-state index contributed by atoms with van der Waals surface area (Å²) in [7, 11) is 1.64. The lowest BCUT2D eigenvalue weighted by atomic mass is 10.1. The van der Waals surface area contributed by atoms with Gasteiger partial charge in [-0.2, -0.15) is 4.98 Å². The summed E-state index contributed by atoms with van der Waals surface area (Å²) < 4.78 is 4.58. The topological polar surface area (TPSA) is 65.1 Å². The Balaban J connectivity index is 1.70. The van der Waals surface area contributed by atoms with Crippen molar-refractivity contribution >= 4 is 46.0 Å². The van der Waals surface area contributed by atoms with Crippen molar-refractivity contribution in [2.24, 2.45) is 7.05 Å². The molecular formula is C24H23Cl2N5O2. The van der Waals surface area contributed by atoms with Crippen molar-refractivity contribution in [3.05, 3.63) is 84.0 Å². The van der Waals surface area contributed by atoms with E-state index in [1.54, 1.807) is 25.2 Å². The molecule has 0 saturated carbocycles. The molecule has 1 aliphatic rings. The Hall–Kier alpha value is -3.03. The maximum atomic E-state index is 13.6. The van der Waals surface area contributed by atoms with Crippen molar-refractivity contribution in [1.29, 1.82) is 0 Å². The zero-order chi connectivity index (χ0) is 23.4. The van der Waals surface area contributed by atoms with E-state index >= 15 is 0 Å². The zero-order valence-corrected chi connectivity index (χ0v) is 20.1. The molecule has 0 saturated heterocycles. The summed E-state index contributed by atoms with van der Waals surface area (Å²) in [5, 5.41) is 0.906. The first-order valence-electron chi connectivity index (χ1n) is 10.7. The molecule has 2 aromatic carbocycles. The molecule has 0 amide bonds. The van der Waals surface area contributed by atoms with E-state index in [1.165, 1.54) is 9.13 Å². The van der Waals surface area contributed by atoms with E-state index in [4.69, 9.17) is 28.2 Å². The largest absolute Gasteiger partial charge is 0.332 e. The van der Waals surface area contributed by atoms with Crippen LogP contribution < -0.4 is 16.1 Å². The number of nitrogens with zero attached hydrogens (tertiary/aromatic N) is 5. The number of hydrogen-bond donors (Lipinski definition) is 0. The summed E-state index contributed by atoms with van der Waals surface area (Å²) in [5.74, 6) is 0.677. The molecular weight excluding hydrogens is 461 g/mol. The van der Waals surface area contributed by atoms with Crippen LogP contribution in [0.4, 0.5) is 11.6 Å². The molecule has 5 rings (SSSR count). The highest BCUT2D eigenvalue weighted by Crippen LogP contribution is 2.32. The summed E-state index contributed by atoms with van der Waals surface area (Å²) in [6, 6.07) is 11.4. The lowest BCUT2D eigenvalue weighted by Gasteiger charge is -2.29. The fourth-order valence-corrected chi connectivity index (χ4v) is 5.04. The van der Waals surface area contributed by atoms with Crippen LogP contribution >= 0.6 is 23.2 Å². The second-order valence-electron chi connectivity index (χ2n) is 8.56. The van der Waals surface area contributed by atoms with Gasteiger partial charge in [0.15, 0.2) is 11.2 Å². The van der Waals surface area contributed by atoms with Crippen LogP contribution in [0.1, 0.15) is 23.1 Å². The normalized spacial score (nSPS) is 13.5. The van der Waals surface area contributed by atoms with E-state index in [-0.39, 0.29) is 12.1 Å². The van der Waals surface area contributed by atoms with Gasteiger partial charge in [-0.15, -0.1) is 0 Å². The maximum Gasteiger partial charge on any atom is 0.332 e. The van der Waals surface area contributed by atoms with Crippen LogP contribution in [0.25, 0.3) is 11.2 Å². The fourth-order valence-electron chi connectivity index (χ4n) is 4.58. The van der Waals surface area contributed by atoms with Gasteiger partial charge in [-0.05, 0) is 61.2 Å². The Morgan fingerprint density at radius 3 is 2.42 bits per heavy atom. The predicted octanol–water partition coefficient (Wildman–Crippen LogP) is 4.41. The van der Waals surface area contributed by atoms with Crippen molar-refractivity contribution in [3.8, 4) is 0 Å². The molecule has 170 valence electrons. The number of fused-ring (bicyclic) bond motifs is 3. The first kappa shape index (κ1) is 21.8. The molecule has 0 radical (unpaired) electrons. The molecule has 0 atom stereocenters. The molecule has 0 fully saturated rings. The first-order chi connectivity index (χ1) is 15.7. The minimum Gasteiger partial charge on any atom is -0.312 e. The minimum absolute atomic E-state index is 0.0543. The van der Waals surface area contributed by atoms with Gasteiger partial charge >= 0.3 is 5.69 Å². The number of rotatable bonds is 3. The summed E-state index contributed by atoms with van der Waals surface area (Å²) in [6.07, 6.45) is 0.858. The van der Waals surface area contributed by atoms with Gasteiger partial charge < -0.3 is 9.47 Å². The molecule has 2 aromatic heterocycles. The lowest BCUT2D eigenvalue weighted by molar-refractivity contribution is 0.597. The van der Waals surface area contributed by atoms with Crippen molar-refractivity contribution in [3.63, 3.8) is 0 Å². The number of anilines is 2. The van der Waals surface area contributed by atoms with Crippen molar-refractivity contribution in [1.82, 2.24) is 18.7 Å². The highest BCUT2D eigenvalue weighted by molar-refractivity contribution is 6.35. The molecule has 0 aliphatic carbocycles. The standard InChI is InChI=1S/C24H23Cl2N5O2/c1-14-9-15(2)11-18(10-14)29-7-4-8-30-20-21(27-23(29)30)28(3)24(33)31(22(20)32)13-16-5-6-17(25)12-19(16)26/h5-6,9-12H,4,7-8,13H2,1-3H3. The van der Waals surface area contributed by atoms with E-state index in [0.717, 1.165) is 29.8 Å². The van der Waals surface area contributed by atoms with E-state index in [2.05, 4.69) is 36.9 Å². The average molecular weight is 484 g/mol. The Bertz CT molecular complexity index is 1510. The van der Waals surface area contributed by atoms with Crippen molar-refractivity contribution < 1.29 is 0 Å². The summed E-state index contributed by atoms with van der Waals surface area (Å²) in [6.45, 7) is 5.62. The van der Waals surface area contributed by atoms with Gasteiger partial charge in [-0.1, -0.05) is 35.3 Å². The van der Waals surface area contributed by atoms with Crippen LogP contribution in [0, 0.1) is 13.8 Å². The van der Waals surface area contributed by atoms with Crippen LogP contribution in [-0.4, -0.2) is 25.2 Å². The molecule has 0 spiro atoms. The molecule has 7 nitrogen and oxygen atoms in total. The Morgan fingerprint density at radius 2 is 1.73 bits per heavy atom. The van der Waals surface area contributed by atoms with Gasteiger partial charge in [0, 0.05) is 35.9 Å². The molecule has 4 aromatic rings. The third-order valence-electron chi connectivity index (χ3n) is 6.08. The molecule has 1 aliphatic heterocycles. The van der Waals surface area contributed by atoms with Gasteiger partial charge in [-0.3, -0.25) is 13.9 Å². The van der Waals surface area contributed by atoms with Gasteiger partial charge in [0.2, 0.25) is 5.95 Å². The predicted molar refractivity (Wildman–Crippen MR) is 132 cm³/mol. The highest BCUT2D eigenvalue weighted by atomic mass is 35.5. The van der Waals surface area contributed by atoms with Crippen molar-refractivity contribution in [2.45, 2.75) is 33.4 Å². The summed E-state index contributed by atoms with van der Waals surface area (Å²) >= 11 is 12.3. The maximum absolute atomic E-state index is 13.6. The quantitative estimate of drug-likeness (QED) is 0.432. The van der Waals surface area contributed by atoms with Crippen LogP contribution in [0.5, 0.6) is 0 Å². The van der Waals surface area contributed by atoms with E-state index in [1.807, 2.05) is 4.57 Å².